The summed E-state index contributed by atoms with van der Waals surface area (Å²) in [4.78, 5) is 0. The second-order valence-corrected chi connectivity index (χ2v) is 25.1. The van der Waals surface area contributed by atoms with Crippen molar-refractivity contribution in [2.24, 2.45) is 0 Å². The number of fused-ring (bicyclic) bond motifs is 16. The lowest BCUT2D eigenvalue weighted by atomic mass is 9.64. The van der Waals surface area contributed by atoms with Gasteiger partial charge in [-0.25, -0.2) is 0 Å². The van der Waals surface area contributed by atoms with Gasteiger partial charge in [0.2, 0.25) is 0 Å². The Hall–Kier alpha value is -7.16. The monoisotopic (exact) mass is 921 g/mol. The fraction of sp³-hybridized carbons (Fsp3) is 0.246. The molecule has 13 rings (SSSR count). The van der Waals surface area contributed by atoms with E-state index in [1.54, 1.807) is 0 Å². The van der Waals surface area contributed by atoms with E-state index in [1.807, 2.05) is 0 Å². The Balaban J connectivity index is 1.27. The second-order valence-electron chi connectivity index (χ2n) is 25.1. The van der Waals surface area contributed by atoms with Gasteiger partial charge in [-0.05, 0) is 154 Å². The Bertz CT molecular complexity index is 3960. The Morgan fingerprint density at radius 2 is 0.775 bits per heavy atom. The van der Waals surface area contributed by atoms with Gasteiger partial charge in [0.15, 0.2) is 0 Å². The molecule has 0 atom stereocenters. The van der Waals surface area contributed by atoms with Crippen LogP contribution in [0.3, 0.4) is 0 Å². The molecule has 3 heterocycles. The summed E-state index contributed by atoms with van der Waals surface area (Å²) < 4.78 is 5.27. The molecule has 2 aliphatic rings. The maximum absolute atomic E-state index is 2.67. The van der Waals surface area contributed by atoms with Gasteiger partial charge >= 0.3 is 0 Å². The van der Waals surface area contributed by atoms with E-state index in [2.05, 4.69) is 262 Å². The van der Waals surface area contributed by atoms with Gasteiger partial charge in [0.05, 0.1) is 38.9 Å². The highest BCUT2D eigenvalue weighted by Crippen LogP contribution is 2.62. The van der Waals surface area contributed by atoms with Gasteiger partial charge in [0.1, 0.15) is 0 Å². The summed E-state index contributed by atoms with van der Waals surface area (Å²) >= 11 is 0. The summed E-state index contributed by atoms with van der Waals surface area (Å²) in [7, 11) is 0. The predicted octanol–water partition coefficient (Wildman–Crippen LogP) is 18.6. The molecule has 0 bridgehead atoms. The van der Waals surface area contributed by atoms with Crippen LogP contribution in [-0.2, 0) is 27.1 Å². The van der Waals surface area contributed by atoms with E-state index in [-0.39, 0.29) is 21.7 Å². The zero-order chi connectivity index (χ0) is 49.3. The maximum atomic E-state index is 2.67. The smallest absolute Gasteiger partial charge is 0.0754 e. The molecule has 9 aromatic carbocycles. The van der Waals surface area contributed by atoms with Crippen molar-refractivity contribution in [2.75, 3.05) is 0 Å². The molecule has 71 heavy (non-hydrogen) atoms. The summed E-state index contributed by atoms with van der Waals surface area (Å²) in [6.45, 7) is 28.2. The van der Waals surface area contributed by atoms with Crippen molar-refractivity contribution in [3.05, 3.63) is 214 Å². The molecule has 0 radical (unpaired) electrons. The SMILES string of the molecule is CC(C)(C)c1ccc2c(c1)c1cc(C(C)(C)C)ccc1n2-c1cc2c(cc1-c1ccc3ccccc3c1)C1(c3ccccc3-c3ccccc31)c1cc(C(C)(C)C)cc3c4cc(C(C)(C)C)ccc4n-2c13. The number of nitrogens with zero attached hydrogens (tertiary/aromatic N) is 2. The first-order chi connectivity index (χ1) is 33.7. The topological polar surface area (TPSA) is 9.86 Å². The number of hydrogen-bond acceptors (Lipinski definition) is 0. The maximum Gasteiger partial charge on any atom is 0.0754 e. The first kappa shape index (κ1) is 43.8. The van der Waals surface area contributed by atoms with Gasteiger partial charge < -0.3 is 9.13 Å². The van der Waals surface area contributed by atoms with E-state index in [4.69, 9.17) is 0 Å². The van der Waals surface area contributed by atoms with Crippen LogP contribution in [0.5, 0.6) is 0 Å². The molecule has 11 aromatic rings. The Labute approximate surface area is 419 Å². The highest BCUT2D eigenvalue weighted by molar-refractivity contribution is 6.15. The van der Waals surface area contributed by atoms with E-state index in [9.17, 15) is 0 Å². The number of hydrogen-bond donors (Lipinski definition) is 0. The minimum Gasteiger partial charge on any atom is -0.309 e. The molecule has 0 saturated carbocycles. The zero-order valence-electron chi connectivity index (χ0n) is 43.6. The molecule has 1 aliphatic heterocycles. The fourth-order valence-electron chi connectivity index (χ4n) is 12.6. The van der Waals surface area contributed by atoms with E-state index in [0.717, 1.165) is 0 Å². The van der Waals surface area contributed by atoms with E-state index >= 15 is 0 Å². The number of benzene rings is 9. The van der Waals surface area contributed by atoms with Crippen molar-refractivity contribution in [2.45, 2.75) is 110 Å². The van der Waals surface area contributed by atoms with E-state index in [0.29, 0.717) is 0 Å². The van der Waals surface area contributed by atoms with Gasteiger partial charge in [0, 0.05) is 27.1 Å². The third kappa shape index (κ3) is 6.19. The normalized spacial score (nSPS) is 14.3. The highest BCUT2D eigenvalue weighted by Gasteiger charge is 2.52. The van der Waals surface area contributed by atoms with Crippen LogP contribution in [0.4, 0.5) is 0 Å². The standard InChI is InChI=1S/C69H64N2/c1-65(2,3)44-27-30-59-51(34-44)52-35-45(66(4,5)6)28-31-60(52)70(59)62-40-63-57(39-50(62)43-26-25-41-19-13-14-20-42(41)33-43)69(55-23-17-15-21-48(55)49-22-16-18-24-56(49)69)58-38-47(68(10,11)12)37-54-53-36-46(67(7,8)9)29-32-61(53)71(63)64(54)58/h13-40H,1-12H3. The third-order valence-corrected chi connectivity index (χ3v) is 16.5. The second kappa shape index (κ2) is 14.5. The summed E-state index contributed by atoms with van der Waals surface area (Å²) in [5.74, 6) is 0. The van der Waals surface area contributed by atoms with Gasteiger partial charge in [-0.3, -0.25) is 0 Å². The number of rotatable bonds is 2. The van der Waals surface area contributed by atoms with Crippen molar-refractivity contribution in [1.29, 1.82) is 0 Å². The van der Waals surface area contributed by atoms with Crippen LogP contribution < -0.4 is 0 Å². The summed E-state index contributed by atoms with van der Waals surface area (Å²) in [5, 5.41) is 7.69. The lowest BCUT2D eigenvalue weighted by Gasteiger charge is -2.41. The lowest BCUT2D eigenvalue weighted by molar-refractivity contribution is 0.588. The zero-order valence-corrected chi connectivity index (χ0v) is 43.6. The van der Waals surface area contributed by atoms with Crippen molar-refractivity contribution >= 4 is 54.4 Å². The van der Waals surface area contributed by atoms with Gasteiger partial charge in [0.25, 0.3) is 0 Å². The molecule has 1 aliphatic carbocycles. The van der Waals surface area contributed by atoms with Crippen LogP contribution in [-0.4, -0.2) is 9.13 Å². The summed E-state index contributed by atoms with van der Waals surface area (Å²) in [6.07, 6.45) is 0. The molecule has 0 amide bonds. The molecule has 2 heteroatoms. The Kier molecular flexibility index (Phi) is 8.94. The molecule has 350 valence electrons. The molecular weight excluding hydrogens is 857 g/mol. The number of aromatic nitrogens is 2. The largest absolute Gasteiger partial charge is 0.309 e. The molecule has 0 N–H and O–H groups in total. The van der Waals surface area contributed by atoms with Crippen molar-refractivity contribution < 1.29 is 0 Å². The van der Waals surface area contributed by atoms with Crippen LogP contribution in [0.1, 0.15) is 128 Å². The van der Waals surface area contributed by atoms with Crippen LogP contribution in [0, 0.1) is 0 Å². The van der Waals surface area contributed by atoms with Gasteiger partial charge in [-0.2, -0.15) is 0 Å². The quantitative estimate of drug-likeness (QED) is 0.164. The summed E-state index contributed by atoms with van der Waals surface area (Å²) in [5.41, 5.74) is 22.4. The van der Waals surface area contributed by atoms with Crippen LogP contribution in [0.25, 0.3) is 88.0 Å². The van der Waals surface area contributed by atoms with E-state index < -0.39 is 5.41 Å². The minimum atomic E-state index is -0.618. The Morgan fingerprint density at radius 3 is 1.31 bits per heavy atom. The van der Waals surface area contributed by atoms with Crippen molar-refractivity contribution in [3.63, 3.8) is 0 Å². The molecule has 0 fully saturated rings. The van der Waals surface area contributed by atoms with E-state index in [1.165, 1.54) is 133 Å². The lowest BCUT2D eigenvalue weighted by Crippen LogP contribution is -2.34. The Morgan fingerprint density at radius 1 is 0.310 bits per heavy atom. The fourth-order valence-corrected chi connectivity index (χ4v) is 12.6. The average molecular weight is 921 g/mol. The third-order valence-electron chi connectivity index (χ3n) is 16.5. The molecule has 0 saturated heterocycles. The van der Waals surface area contributed by atoms with Crippen LogP contribution in [0.2, 0.25) is 0 Å². The molecule has 1 spiro atoms. The minimum absolute atomic E-state index is 0.0114. The van der Waals surface area contributed by atoms with Crippen molar-refractivity contribution in [1.82, 2.24) is 9.13 Å². The first-order valence-electron chi connectivity index (χ1n) is 25.8. The predicted molar refractivity (Wildman–Crippen MR) is 304 cm³/mol. The van der Waals surface area contributed by atoms with Gasteiger partial charge in [-0.15, -0.1) is 0 Å². The van der Waals surface area contributed by atoms with Crippen LogP contribution in [0.15, 0.2) is 170 Å². The van der Waals surface area contributed by atoms with Gasteiger partial charge in [-0.1, -0.05) is 192 Å². The highest BCUT2D eigenvalue weighted by atomic mass is 15.0. The average Bonchev–Trinajstić information content (AvgIpc) is 3.96. The molecule has 0 unspecified atom stereocenters. The molecule has 2 nitrogen and oxygen atoms in total. The molecular formula is C69H64N2. The molecule has 2 aromatic heterocycles. The summed E-state index contributed by atoms with van der Waals surface area (Å²) in [6, 6.07) is 66.7. The first-order valence-corrected chi connectivity index (χ1v) is 25.8. The van der Waals surface area contributed by atoms with Crippen molar-refractivity contribution in [3.8, 4) is 33.6 Å². The van der Waals surface area contributed by atoms with Crippen LogP contribution >= 0.6 is 0 Å².